The number of methoxy groups -OCH3 is 1. The lowest BCUT2D eigenvalue weighted by molar-refractivity contribution is -0.339. The van der Waals surface area contributed by atoms with Gasteiger partial charge in [0.1, 0.15) is 36.6 Å². The van der Waals surface area contributed by atoms with Gasteiger partial charge in [0.2, 0.25) is 0 Å². The van der Waals surface area contributed by atoms with Gasteiger partial charge in [-0.1, -0.05) is 0 Å². The van der Waals surface area contributed by atoms with Crippen molar-refractivity contribution in [2.45, 2.75) is 62.2 Å². The maximum absolute atomic E-state index is 10.1. The van der Waals surface area contributed by atoms with Gasteiger partial charge in [0.15, 0.2) is 12.6 Å². The molecule has 0 aliphatic carbocycles. The molecule has 0 aromatic heterocycles. The molecule has 0 aromatic rings. The summed E-state index contributed by atoms with van der Waals surface area (Å²) in [6.45, 7) is 1.43. The Morgan fingerprint density at radius 1 is 0.952 bits per heavy atom. The molecule has 0 aromatic carbocycles. The molecule has 9 heteroatoms. The van der Waals surface area contributed by atoms with E-state index < -0.39 is 55.3 Å². The number of aliphatic hydroxyl groups is 5. The van der Waals surface area contributed by atoms with Gasteiger partial charge in [-0.2, -0.15) is 0 Å². The molecule has 2 fully saturated rings. The number of aliphatic hydroxyl groups excluding tert-OH is 5. The first-order valence-electron chi connectivity index (χ1n) is 6.72. The van der Waals surface area contributed by atoms with Gasteiger partial charge in [-0.05, 0) is 6.92 Å². The van der Waals surface area contributed by atoms with Crippen LogP contribution in [0.4, 0.5) is 0 Å². The van der Waals surface area contributed by atoms with E-state index in [9.17, 15) is 25.5 Å². The Hall–Kier alpha value is -0.360. The second kappa shape index (κ2) is 6.82. The van der Waals surface area contributed by atoms with E-state index in [0.29, 0.717) is 0 Å². The topological polar surface area (TPSA) is 138 Å². The molecule has 0 spiro atoms. The van der Waals surface area contributed by atoms with Gasteiger partial charge in [-0.25, -0.2) is 0 Å². The Morgan fingerprint density at radius 2 is 1.62 bits per heavy atom. The number of hydrogen-bond donors (Lipinski definition) is 5. The Morgan fingerprint density at radius 3 is 2.24 bits per heavy atom. The molecule has 1 unspecified atom stereocenters. The van der Waals surface area contributed by atoms with Gasteiger partial charge in [0, 0.05) is 7.11 Å². The maximum Gasteiger partial charge on any atom is 0.186 e. The van der Waals surface area contributed by atoms with Crippen LogP contribution in [-0.2, 0) is 18.9 Å². The van der Waals surface area contributed by atoms with E-state index >= 15 is 0 Å². The Kier molecular flexibility index (Phi) is 5.52. The van der Waals surface area contributed by atoms with E-state index in [1.165, 1.54) is 7.11 Å². The summed E-state index contributed by atoms with van der Waals surface area (Å²) in [6.07, 6.45) is -10.5. The lowest BCUT2D eigenvalue weighted by Gasteiger charge is -2.43. The van der Waals surface area contributed by atoms with Crippen LogP contribution in [-0.4, -0.2) is 94.6 Å². The summed E-state index contributed by atoms with van der Waals surface area (Å²) in [5.74, 6) is 0. The first kappa shape index (κ1) is 17.0. The number of hydrogen-bond acceptors (Lipinski definition) is 9. The third kappa shape index (κ3) is 3.36. The van der Waals surface area contributed by atoms with E-state index in [-0.39, 0.29) is 6.61 Å². The number of rotatable bonds is 3. The molecule has 0 radical (unpaired) electrons. The van der Waals surface area contributed by atoms with E-state index in [1.807, 2.05) is 0 Å². The lowest BCUT2D eigenvalue weighted by atomic mass is 9.99. The maximum atomic E-state index is 10.1. The van der Waals surface area contributed by atoms with Gasteiger partial charge < -0.3 is 44.5 Å². The summed E-state index contributed by atoms with van der Waals surface area (Å²) in [6, 6.07) is 0. The summed E-state index contributed by atoms with van der Waals surface area (Å²) in [7, 11) is 1.33. The van der Waals surface area contributed by atoms with Crippen LogP contribution < -0.4 is 0 Å². The van der Waals surface area contributed by atoms with Crippen LogP contribution in [0.5, 0.6) is 0 Å². The molecule has 2 heterocycles. The van der Waals surface area contributed by atoms with Crippen LogP contribution >= 0.6 is 0 Å². The quantitative estimate of drug-likeness (QED) is 0.367. The van der Waals surface area contributed by atoms with Crippen molar-refractivity contribution in [3.63, 3.8) is 0 Å². The van der Waals surface area contributed by atoms with Crippen LogP contribution in [0.25, 0.3) is 0 Å². The molecule has 124 valence electrons. The van der Waals surface area contributed by atoms with Gasteiger partial charge in [-0.3, -0.25) is 0 Å². The average molecular weight is 310 g/mol. The van der Waals surface area contributed by atoms with Crippen molar-refractivity contribution in [1.82, 2.24) is 0 Å². The fourth-order valence-electron chi connectivity index (χ4n) is 2.55. The third-order valence-electron chi connectivity index (χ3n) is 3.78. The standard InChI is InChI=1S/C12H22O9/c1-4-9(6(14)7(15)11(17)20-4)21-12-8(16)10(18-2)5(13)3-19-12/h4-17H,3H2,1-2H3/t4-,5-,6-,7+,8-,9-,10+,11?,12-/m0/s1. The van der Waals surface area contributed by atoms with Crippen molar-refractivity contribution in [3.05, 3.63) is 0 Å². The first-order valence-corrected chi connectivity index (χ1v) is 6.72. The van der Waals surface area contributed by atoms with Gasteiger partial charge in [0.05, 0.1) is 12.7 Å². The van der Waals surface area contributed by atoms with Crippen molar-refractivity contribution >= 4 is 0 Å². The average Bonchev–Trinajstić information content (AvgIpc) is 2.44. The Bertz CT molecular complexity index is 341. The van der Waals surface area contributed by atoms with Crippen molar-refractivity contribution in [3.8, 4) is 0 Å². The lowest BCUT2D eigenvalue weighted by Crippen LogP contribution is -2.61. The fraction of sp³-hybridized carbons (Fsp3) is 1.00. The molecule has 2 saturated heterocycles. The molecule has 2 rings (SSSR count). The highest BCUT2D eigenvalue weighted by Crippen LogP contribution is 2.27. The predicted molar refractivity (Wildman–Crippen MR) is 66.0 cm³/mol. The van der Waals surface area contributed by atoms with Crippen LogP contribution in [0, 0.1) is 0 Å². The molecule has 2 aliphatic heterocycles. The summed E-state index contributed by atoms with van der Waals surface area (Å²) in [5.41, 5.74) is 0. The highest BCUT2D eigenvalue weighted by atomic mass is 16.7. The number of ether oxygens (including phenoxy) is 4. The molecular weight excluding hydrogens is 288 g/mol. The largest absolute Gasteiger partial charge is 0.388 e. The second-order valence-corrected chi connectivity index (χ2v) is 5.27. The SMILES string of the molecule is CO[C@H]1[C@H](O)[C@H](O[C@@H]2[C@@H](O)[C@@H](O)C(O)O[C@H]2C)OC[C@@H]1O. The van der Waals surface area contributed by atoms with Gasteiger partial charge in [-0.15, -0.1) is 0 Å². The van der Waals surface area contributed by atoms with Crippen LogP contribution in [0.1, 0.15) is 6.92 Å². The molecule has 21 heavy (non-hydrogen) atoms. The molecule has 9 atom stereocenters. The van der Waals surface area contributed by atoms with Crippen molar-refractivity contribution in [2.24, 2.45) is 0 Å². The molecular formula is C12H22O9. The monoisotopic (exact) mass is 310 g/mol. The molecule has 5 N–H and O–H groups in total. The van der Waals surface area contributed by atoms with E-state index in [2.05, 4.69) is 0 Å². The molecule has 0 bridgehead atoms. The fourth-order valence-corrected chi connectivity index (χ4v) is 2.55. The smallest absolute Gasteiger partial charge is 0.186 e. The van der Waals surface area contributed by atoms with Crippen LogP contribution in [0.2, 0.25) is 0 Å². The minimum absolute atomic E-state index is 0.108. The van der Waals surface area contributed by atoms with Crippen LogP contribution in [0.15, 0.2) is 0 Å². The Labute approximate surface area is 121 Å². The zero-order valence-corrected chi connectivity index (χ0v) is 11.8. The van der Waals surface area contributed by atoms with Crippen molar-refractivity contribution < 1.29 is 44.5 Å². The molecule has 0 amide bonds. The second-order valence-electron chi connectivity index (χ2n) is 5.27. The molecule has 9 nitrogen and oxygen atoms in total. The first-order chi connectivity index (χ1) is 9.86. The summed E-state index contributed by atoms with van der Waals surface area (Å²) >= 11 is 0. The van der Waals surface area contributed by atoms with Gasteiger partial charge >= 0.3 is 0 Å². The van der Waals surface area contributed by atoms with Crippen LogP contribution in [0.3, 0.4) is 0 Å². The van der Waals surface area contributed by atoms with Crippen molar-refractivity contribution in [1.29, 1.82) is 0 Å². The van der Waals surface area contributed by atoms with Gasteiger partial charge in [0.25, 0.3) is 0 Å². The van der Waals surface area contributed by atoms with Crippen molar-refractivity contribution in [2.75, 3.05) is 13.7 Å². The summed E-state index contributed by atoms with van der Waals surface area (Å²) in [5, 5.41) is 48.6. The summed E-state index contributed by atoms with van der Waals surface area (Å²) < 4.78 is 20.7. The zero-order chi connectivity index (χ0) is 15.7. The minimum atomic E-state index is -1.53. The normalized spacial score (nSPS) is 51.9. The van der Waals surface area contributed by atoms with E-state index in [4.69, 9.17) is 18.9 Å². The predicted octanol–water partition coefficient (Wildman–Crippen LogP) is -3.08. The molecule has 0 saturated carbocycles. The highest BCUT2D eigenvalue weighted by molar-refractivity contribution is 4.90. The third-order valence-corrected chi connectivity index (χ3v) is 3.78. The molecule has 2 aliphatic rings. The highest BCUT2D eigenvalue weighted by Gasteiger charge is 2.47. The summed E-state index contributed by atoms with van der Waals surface area (Å²) in [4.78, 5) is 0. The minimum Gasteiger partial charge on any atom is -0.388 e. The Balaban J connectivity index is 2.03. The van der Waals surface area contributed by atoms with E-state index in [0.717, 1.165) is 0 Å². The zero-order valence-electron chi connectivity index (χ0n) is 11.8. The van der Waals surface area contributed by atoms with E-state index in [1.54, 1.807) is 6.92 Å².